The molecule has 2 aromatic rings. The van der Waals surface area contributed by atoms with Gasteiger partial charge < -0.3 is 4.90 Å². The Labute approximate surface area is 108 Å². The standard InChI is InChI=1S/C15H19N3/c1-12-8-9-16-15(10-12)17-11-13-4-6-14(7-5-13)18(2)3/h4-10H,11H2,1-3H3,(H,16,17)/p+1. The van der Waals surface area contributed by atoms with E-state index >= 15 is 0 Å². The SMILES string of the molecule is Cc1cc[nH+]c(NCc2ccc(N(C)C)cc2)c1. The quantitative estimate of drug-likeness (QED) is 0.892. The average Bonchev–Trinajstić information content (AvgIpc) is 2.37. The summed E-state index contributed by atoms with van der Waals surface area (Å²) in [5.41, 5.74) is 3.75. The van der Waals surface area contributed by atoms with Gasteiger partial charge in [0.05, 0.1) is 6.20 Å². The number of nitrogens with zero attached hydrogens (tertiary/aromatic N) is 1. The molecule has 0 fully saturated rings. The highest BCUT2D eigenvalue weighted by molar-refractivity contribution is 5.46. The Morgan fingerprint density at radius 1 is 1.11 bits per heavy atom. The van der Waals surface area contributed by atoms with Crippen LogP contribution in [0.25, 0.3) is 0 Å². The summed E-state index contributed by atoms with van der Waals surface area (Å²) in [5.74, 6) is 1.05. The van der Waals surface area contributed by atoms with E-state index in [0.29, 0.717) is 0 Å². The van der Waals surface area contributed by atoms with Crippen LogP contribution in [-0.4, -0.2) is 14.1 Å². The van der Waals surface area contributed by atoms with E-state index in [1.54, 1.807) is 0 Å². The predicted octanol–water partition coefficient (Wildman–Crippen LogP) is 2.49. The molecule has 0 bridgehead atoms. The fourth-order valence-electron chi connectivity index (χ4n) is 1.79. The van der Waals surface area contributed by atoms with E-state index in [1.807, 2.05) is 6.20 Å². The fraction of sp³-hybridized carbons (Fsp3) is 0.267. The Balaban J connectivity index is 1.98. The molecule has 0 spiro atoms. The molecule has 0 saturated heterocycles. The van der Waals surface area contributed by atoms with Crippen molar-refractivity contribution in [3.05, 3.63) is 53.7 Å². The molecule has 94 valence electrons. The van der Waals surface area contributed by atoms with Crippen LogP contribution in [0.4, 0.5) is 11.5 Å². The topological polar surface area (TPSA) is 29.4 Å². The summed E-state index contributed by atoms with van der Waals surface area (Å²) in [6.07, 6.45) is 1.95. The van der Waals surface area contributed by atoms with Gasteiger partial charge in [0.25, 0.3) is 5.82 Å². The molecule has 0 aliphatic rings. The Morgan fingerprint density at radius 3 is 2.44 bits per heavy atom. The molecule has 0 aliphatic heterocycles. The van der Waals surface area contributed by atoms with Gasteiger partial charge >= 0.3 is 0 Å². The number of hydrogen-bond donors (Lipinski definition) is 1. The summed E-state index contributed by atoms with van der Waals surface area (Å²) < 4.78 is 0. The van der Waals surface area contributed by atoms with Crippen molar-refractivity contribution in [2.24, 2.45) is 0 Å². The van der Waals surface area contributed by atoms with Crippen LogP contribution >= 0.6 is 0 Å². The minimum Gasteiger partial charge on any atom is -0.378 e. The van der Waals surface area contributed by atoms with Gasteiger partial charge in [-0.25, -0.2) is 4.98 Å². The van der Waals surface area contributed by atoms with E-state index in [4.69, 9.17) is 0 Å². The maximum absolute atomic E-state index is 3.38. The second-order valence-corrected chi connectivity index (χ2v) is 4.69. The summed E-state index contributed by atoms with van der Waals surface area (Å²) in [4.78, 5) is 5.29. The van der Waals surface area contributed by atoms with Crippen molar-refractivity contribution in [3.63, 3.8) is 0 Å². The number of nitrogens with one attached hydrogen (secondary N) is 2. The first-order chi connectivity index (χ1) is 8.65. The van der Waals surface area contributed by atoms with Crippen molar-refractivity contribution in [2.75, 3.05) is 24.3 Å². The lowest BCUT2D eigenvalue weighted by atomic mass is 10.2. The van der Waals surface area contributed by atoms with Crippen LogP contribution < -0.4 is 15.2 Å². The highest BCUT2D eigenvalue weighted by Gasteiger charge is 2.02. The molecular weight excluding hydrogens is 222 g/mol. The van der Waals surface area contributed by atoms with Gasteiger partial charge in [-0.05, 0) is 36.2 Å². The van der Waals surface area contributed by atoms with Crippen LogP contribution in [0.2, 0.25) is 0 Å². The number of benzene rings is 1. The first-order valence-corrected chi connectivity index (χ1v) is 6.13. The van der Waals surface area contributed by atoms with Crippen molar-refractivity contribution >= 4 is 11.5 Å². The highest BCUT2D eigenvalue weighted by atomic mass is 15.1. The summed E-state index contributed by atoms with van der Waals surface area (Å²) in [5, 5.41) is 3.38. The van der Waals surface area contributed by atoms with Gasteiger partial charge in [0.2, 0.25) is 0 Å². The van der Waals surface area contributed by atoms with Crippen LogP contribution in [0.3, 0.4) is 0 Å². The molecule has 0 saturated carbocycles. The molecule has 0 amide bonds. The molecule has 0 atom stereocenters. The second kappa shape index (κ2) is 5.54. The van der Waals surface area contributed by atoms with E-state index in [1.165, 1.54) is 16.8 Å². The number of aryl methyl sites for hydroxylation is 1. The number of rotatable bonds is 4. The van der Waals surface area contributed by atoms with E-state index in [9.17, 15) is 0 Å². The zero-order valence-corrected chi connectivity index (χ0v) is 11.2. The molecule has 1 aromatic heterocycles. The van der Waals surface area contributed by atoms with E-state index in [-0.39, 0.29) is 0 Å². The number of H-pyrrole nitrogens is 1. The predicted molar refractivity (Wildman–Crippen MR) is 75.8 cm³/mol. The molecule has 2 N–H and O–H groups in total. The molecule has 0 radical (unpaired) electrons. The molecule has 2 rings (SSSR count). The number of pyridine rings is 1. The van der Waals surface area contributed by atoms with Crippen molar-refractivity contribution in [1.82, 2.24) is 0 Å². The molecule has 3 heteroatoms. The summed E-state index contributed by atoms with van der Waals surface area (Å²) in [6, 6.07) is 12.7. The van der Waals surface area contributed by atoms with E-state index in [0.717, 1.165) is 12.4 Å². The summed E-state index contributed by atoms with van der Waals surface area (Å²) in [7, 11) is 4.10. The van der Waals surface area contributed by atoms with Crippen LogP contribution in [0.1, 0.15) is 11.1 Å². The summed E-state index contributed by atoms with van der Waals surface area (Å²) in [6.45, 7) is 2.92. The van der Waals surface area contributed by atoms with Crippen molar-refractivity contribution < 1.29 is 4.98 Å². The molecule has 18 heavy (non-hydrogen) atoms. The minimum absolute atomic E-state index is 0.827. The lowest BCUT2D eigenvalue weighted by molar-refractivity contribution is -0.361. The zero-order chi connectivity index (χ0) is 13.0. The highest BCUT2D eigenvalue weighted by Crippen LogP contribution is 2.13. The van der Waals surface area contributed by atoms with Crippen LogP contribution in [0.15, 0.2) is 42.6 Å². The van der Waals surface area contributed by atoms with Crippen molar-refractivity contribution in [2.45, 2.75) is 13.5 Å². The average molecular weight is 242 g/mol. The molecule has 0 aliphatic carbocycles. The number of aromatic amines is 1. The third kappa shape index (κ3) is 3.23. The summed E-state index contributed by atoms with van der Waals surface area (Å²) >= 11 is 0. The van der Waals surface area contributed by atoms with Gasteiger partial charge in [-0.2, -0.15) is 0 Å². The third-order valence-corrected chi connectivity index (χ3v) is 2.89. The number of anilines is 2. The maximum Gasteiger partial charge on any atom is 0.272 e. The minimum atomic E-state index is 0.827. The number of hydrogen-bond acceptors (Lipinski definition) is 2. The maximum atomic E-state index is 3.38. The second-order valence-electron chi connectivity index (χ2n) is 4.69. The lowest BCUT2D eigenvalue weighted by Crippen LogP contribution is -2.12. The van der Waals surface area contributed by atoms with E-state index in [2.05, 4.69) is 72.6 Å². The number of aromatic nitrogens is 1. The monoisotopic (exact) mass is 242 g/mol. The van der Waals surface area contributed by atoms with E-state index < -0.39 is 0 Å². The van der Waals surface area contributed by atoms with Gasteiger partial charge in [0.1, 0.15) is 6.54 Å². The molecule has 0 unspecified atom stereocenters. The fourth-order valence-corrected chi connectivity index (χ4v) is 1.79. The smallest absolute Gasteiger partial charge is 0.272 e. The Kier molecular flexibility index (Phi) is 3.82. The molecular formula is C15H20N3+. The van der Waals surface area contributed by atoms with Crippen LogP contribution in [0.5, 0.6) is 0 Å². The molecule has 1 aromatic carbocycles. The Morgan fingerprint density at radius 2 is 1.83 bits per heavy atom. The normalized spacial score (nSPS) is 10.2. The Bertz CT molecular complexity index is 503. The van der Waals surface area contributed by atoms with Gasteiger partial charge in [-0.3, -0.25) is 5.32 Å². The first kappa shape index (κ1) is 12.4. The van der Waals surface area contributed by atoms with Gasteiger partial charge in [-0.15, -0.1) is 0 Å². The van der Waals surface area contributed by atoms with Crippen LogP contribution in [-0.2, 0) is 6.54 Å². The Hall–Kier alpha value is -2.03. The van der Waals surface area contributed by atoms with Gasteiger partial charge in [0, 0.05) is 25.8 Å². The van der Waals surface area contributed by atoms with Gasteiger partial charge in [0.15, 0.2) is 0 Å². The first-order valence-electron chi connectivity index (χ1n) is 6.13. The third-order valence-electron chi connectivity index (χ3n) is 2.89. The largest absolute Gasteiger partial charge is 0.378 e. The van der Waals surface area contributed by atoms with Gasteiger partial charge in [-0.1, -0.05) is 12.1 Å². The molecule has 3 nitrogen and oxygen atoms in total. The molecule has 1 heterocycles. The van der Waals surface area contributed by atoms with Crippen molar-refractivity contribution in [3.8, 4) is 0 Å². The lowest BCUT2D eigenvalue weighted by Gasteiger charge is -2.12. The zero-order valence-electron chi connectivity index (χ0n) is 11.2. The van der Waals surface area contributed by atoms with Crippen LogP contribution in [0, 0.1) is 6.92 Å². The van der Waals surface area contributed by atoms with Crippen molar-refractivity contribution in [1.29, 1.82) is 0 Å².